The summed E-state index contributed by atoms with van der Waals surface area (Å²) in [6.45, 7) is 4.00. The molecule has 0 unspecified atom stereocenters. The molecule has 0 bridgehead atoms. The first-order valence-corrected chi connectivity index (χ1v) is 10.8. The molecule has 0 saturated heterocycles. The number of carbonyl (C=O) groups excluding carboxylic acids is 1. The van der Waals surface area contributed by atoms with Gasteiger partial charge in [0.25, 0.3) is 15.9 Å². The van der Waals surface area contributed by atoms with Gasteiger partial charge in [0.05, 0.1) is 21.2 Å². The second-order valence-corrected chi connectivity index (χ2v) is 9.02. The van der Waals surface area contributed by atoms with Gasteiger partial charge >= 0.3 is 0 Å². The fourth-order valence-corrected chi connectivity index (χ4v) is 4.75. The lowest BCUT2D eigenvalue weighted by molar-refractivity contribution is 0.0936. The maximum absolute atomic E-state index is 13.1. The van der Waals surface area contributed by atoms with E-state index >= 15 is 0 Å². The molecule has 5 nitrogen and oxygen atoms in total. The highest BCUT2D eigenvalue weighted by Gasteiger charge is 2.30. The molecule has 1 aliphatic carbocycles. The lowest BCUT2D eigenvalue weighted by Crippen LogP contribution is -2.34. The van der Waals surface area contributed by atoms with E-state index in [1.165, 1.54) is 22.5 Å². The number of rotatable bonds is 7. The molecule has 1 saturated carbocycles. The Morgan fingerprint density at radius 1 is 1.22 bits per heavy atom. The number of halogens is 1. The van der Waals surface area contributed by atoms with E-state index in [-0.39, 0.29) is 34.0 Å². The minimum Gasteiger partial charge on any atom is -0.349 e. The summed E-state index contributed by atoms with van der Waals surface area (Å²) in [5.41, 5.74) is 0.748. The molecule has 2 aromatic rings. The van der Waals surface area contributed by atoms with Crippen molar-refractivity contribution in [2.45, 2.75) is 37.6 Å². The molecule has 0 spiro atoms. The van der Waals surface area contributed by atoms with Crippen molar-refractivity contribution in [3.8, 4) is 0 Å². The molecule has 0 radical (unpaired) electrons. The molecule has 1 fully saturated rings. The summed E-state index contributed by atoms with van der Waals surface area (Å²) in [5.74, 6) is 0.146. The van der Waals surface area contributed by atoms with Gasteiger partial charge in [-0.2, -0.15) is 0 Å². The van der Waals surface area contributed by atoms with Crippen molar-refractivity contribution in [2.24, 2.45) is 5.92 Å². The zero-order valence-corrected chi connectivity index (χ0v) is 16.9. The van der Waals surface area contributed by atoms with Crippen LogP contribution in [0.25, 0.3) is 0 Å². The van der Waals surface area contributed by atoms with Crippen molar-refractivity contribution in [2.75, 3.05) is 10.8 Å². The van der Waals surface area contributed by atoms with Gasteiger partial charge in [-0.05, 0) is 62.9 Å². The molecule has 0 heterocycles. The van der Waals surface area contributed by atoms with Crippen LogP contribution in [0.2, 0.25) is 5.02 Å². The summed E-state index contributed by atoms with van der Waals surface area (Å²) in [7, 11) is -3.81. The highest BCUT2D eigenvalue weighted by molar-refractivity contribution is 7.92. The molecule has 0 aliphatic heterocycles. The molecule has 144 valence electrons. The van der Waals surface area contributed by atoms with E-state index in [0.29, 0.717) is 11.6 Å². The van der Waals surface area contributed by atoms with Crippen LogP contribution >= 0.6 is 11.6 Å². The Morgan fingerprint density at radius 2 is 1.89 bits per heavy atom. The van der Waals surface area contributed by atoms with E-state index < -0.39 is 10.0 Å². The minimum absolute atomic E-state index is 0.0434. The van der Waals surface area contributed by atoms with E-state index in [9.17, 15) is 13.2 Å². The van der Waals surface area contributed by atoms with Crippen LogP contribution in [0, 0.1) is 5.92 Å². The number of hydrogen-bond donors (Lipinski definition) is 1. The van der Waals surface area contributed by atoms with Crippen molar-refractivity contribution in [1.29, 1.82) is 0 Å². The lowest BCUT2D eigenvalue weighted by Gasteiger charge is -2.23. The first-order chi connectivity index (χ1) is 12.8. The Labute approximate surface area is 165 Å². The molecule has 7 heteroatoms. The van der Waals surface area contributed by atoms with Crippen molar-refractivity contribution < 1.29 is 13.2 Å². The monoisotopic (exact) mass is 406 g/mol. The predicted octanol–water partition coefficient (Wildman–Crippen LogP) is 4.08. The van der Waals surface area contributed by atoms with Gasteiger partial charge < -0.3 is 5.32 Å². The first-order valence-electron chi connectivity index (χ1n) is 9.02. The summed E-state index contributed by atoms with van der Waals surface area (Å²) in [6.07, 6.45) is 2.21. The Kier molecular flexibility index (Phi) is 5.77. The van der Waals surface area contributed by atoms with Gasteiger partial charge in [-0.15, -0.1) is 0 Å². The summed E-state index contributed by atoms with van der Waals surface area (Å²) in [4.78, 5) is 12.6. The van der Waals surface area contributed by atoms with Gasteiger partial charge in [-0.1, -0.05) is 29.8 Å². The first kappa shape index (κ1) is 19.7. The third-order valence-electron chi connectivity index (χ3n) is 4.79. The lowest BCUT2D eigenvalue weighted by atomic mass is 10.1. The second-order valence-electron chi connectivity index (χ2n) is 6.75. The number of para-hydroxylation sites is 1. The predicted molar refractivity (Wildman–Crippen MR) is 108 cm³/mol. The molecule has 1 amide bonds. The number of anilines is 1. The van der Waals surface area contributed by atoms with Crippen LogP contribution in [-0.2, 0) is 10.0 Å². The van der Waals surface area contributed by atoms with E-state index in [2.05, 4.69) is 5.32 Å². The van der Waals surface area contributed by atoms with Crippen molar-refractivity contribution >= 4 is 33.2 Å². The third-order valence-corrected chi connectivity index (χ3v) is 7.02. The molecule has 27 heavy (non-hydrogen) atoms. The Bertz CT molecular complexity index is 927. The number of benzene rings is 2. The molecule has 1 aliphatic rings. The maximum Gasteiger partial charge on any atom is 0.264 e. The topological polar surface area (TPSA) is 66.5 Å². The van der Waals surface area contributed by atoms with E-state index in [0.717, 1.165) is 12.8 Å². The van der Waals surface area contributed by atoms with Gasteiger partial charge in [0, 0.05) is 12.6 Å². The highest BCUT2D eigenvalue weighted by atomic mass is 35.5. The Morgan fingerprint density at radius 3 is 2.48 bits per heavy atom. The molecular weight excluding hydrogens is 384 g/mol. The van der Waals surface area contributed by atoms with Gasteiger partial charge in [0.2, 0.25) is 0 Å². The SMILES string of the molecule is CCN(c1ccccc1)S(=O)(=O)c1ccc(Cl)c(C(=O)N[C@H](C)C2CC2)c1. The smallest absolute Gasteiger partial charge is 0.264 e. The summed E-state index contributed by atoms with van der Waals surface area (Å²) in [5, 5.41) is 3.15. The number of sulfonamides is 1. The number of amides is 1. The second kappa shape index (κ2) is 7.90. The average Bonchev–Trinajstić information content (AvgIpc) is 3.48. The highest BCUT2D eigenvalue weighted by Crippen LogP contribution is 2.33. The van der Waals surface area contributed by atoms with E-state index in [4.69, 9.17) is 11.6 Å². The van der Waals surface area contributed by atoms with Crippen molar-refractivity contribution in [1.82, 2.24) is 5.32 Å². The molecule has 2 aromatic carbocycles. The van der Waals surface area contributed by atoms with Crippen LogP contribution in [0.3, 0.4) is 0 Å². The number of nitrogens with one attached hydrogen (secondary N) is 1. The van der Waals surface area contributed by atoms with Crippen LogP contribution < -0.4 is 9.62 Å². The van der Waals surface area contributed by atoms with Gasteiger partial charge in [-0.25, -0.2) is 8.42 Å². The van der Waals surface area contributed by atoms with Crippen LogP contribution in [-0.4, -0.2) is 26.9 Å². The van der Waals surface area contributed by atoms with Crippen LogP contribution in [0.5, 0.6) is 0 Å². The van der Waals surface area contributed by atoms with E-state index in [1.54, 1.807) is 31.2 Å². The third kappa shape index (κ3) is 4.28. The molecule has 1 N–H and O–H groups in total. The van der Waals surface area contributed by atoms with Crippen LogP contribution in [0.15, 0.2) is 53.4 Å². The molecular formula is C20H23ClN2O3S. The average molecular weight is 407 g/mol. The van der Waals surface area contributed by atoms with Gasteiger partial charge in [0.15, 0.2) is 0 Å². The Balaban J connectivity index is 1.92. The number of carbonyl (C=O) groups is 1. The maximum atomic E-state index is 13.1. The zero-order valence-electron chi connectivity index (χ0n) is 15.4. The minimum atomic E-state index is -3.81. The number of nitrogens with zero attached hydrogens (tertiary/aromatic N) is 1. The fourth-order valence-electron chi connectivity index (χ4n) is 3.05. The summed E-state index contributed by atoms with van der Waals surface area (Å²) < 4.78 is 27.6. The number of hydrogen-bond acceptors (Lipinski definition) is 3. The van der Waals surface area contributed by atoms with Crippen molar-refractivity contribution in [3.63, 3.8) is 0 Å². The standard InChI is InChI=1S/C20H23ClN2O3S/c1-3-23(16-7-5-4-6-8-16)27(25,26)17-11-12-19(21)18(13-17)20(24)22-14(2)15-9-10-15/h4-8,11-15H,3,9-10H2,1-2H3,(H,22,24)/t14-/m1/s1. The zero-order chi connectivity index (χ0) is 19.6. The van der Waals surface area contributed by atoms with Crippen molar-refractivity contribution in [3.05, 3.63) is 59.1 Å². The summed E-state index contributed by atoms with van der Waals surface area (Å²) in [6, 6.07) is 13.2. The van der Waals surface area contributed by atoms with Gasteiger partial charge in [0.1, 0.15) is 0 Å². The van der Waals surface area contributed by atoms with Gasteiger partial charge in [-0.3, -0.25) is 9.10 Å². The Hall–Kier alpha value is -2.05. The molecule has 0 aromatic heterocycles. The largest absolute Gasteiger partial charge is 0.349 e. The quantitative estimate of drug-likeness (QED) is 0.753. The fraction of sp³-hybridized carbons (Fsp3) is 0.350. The normalized spacial score (nSPS) is 15.2. The molecule has 3 rings (SSSR count). The summed E-state index contributed by atoms with van der Waals surface area (Å²) >= 11 is 6.18. The molecule has 1 atom stereocenters. The van der Waals surface area contributed by atoms with E-state index in [1.807, 2.05) is 13.0 Å². The van der Waals surface area contributed by atoms with Crippen LogP contribution in [0.1, 0.15) is 37.0 Å². The van der Waals surface area contributed by atoms with Crippen LogP contribution in [0.4, 0.5) is 5.69 Å².